The third-order valence-corrected chi connectivity index (χ3v) is 6.70. The summed E-state index contributed by atoms with van der Waals surface area (Å²) in [7, 11) is 0. The fourth-order valence-electron chi connectivity index (χ4n) is 5.02. The Morgan fingerprint density at radius 3 is 2.15 bits per heavy atom. The molecule has 2 aliphatic carbocycles. The van der Waals surface area contributed by atoms with Gasteiger partial charge in [0.2, 0.25) is 0 Å². The maximum Gasteiger partial charge on any atom is 0.123 e. The first-order valence-electron chi connectivity index (χ1n) is 10.7. The van der Waals surface area contributed by atoms with Gasteiger partial charge in [0.05, 0.1) is 12.7 Å². The molecule has 2 aliphatic rings. The second-order valence-electron chi connectivity index (χ2n) is 8.47. The fraction of sp³-hybridized carbons (Fsp3) is 0.667. The molecule has 26 heavy (non-hydrogen) atoms. The molecular weight excluding hydrogens is 323 g/mol. The molecule has 1 aromatic carbocycles. The first-order valence-corrected chi connectivity index (χ1v) is 10.7. The summed E-state index contributed by atoms with van der Waals surface area (Å²) in [6.45, 7) is 4.45. The Balaban J connectivity index is 1.32. The van der Waals surface area contributed by atoms with Crippen molar-refractivity contribution >= 4 is 0 Å². The molecule has 0 N–H and O–H groups in total. The SMILES string of the molecule is C=CCCC[C@H]1CC[C@H](C2CCC(OCc3ccc(F)cc3)CC2)CC1. The van der Waals surface area contributed by atoms with Crippen LogP contribution in [0.4, 0.5) is 4.39 Å². The number of allylic oxidation sites excluding steroid dienone is 1. The van der Waals surface area contributed by atoms with Gasteiger partial charge >= 0.3 is 0 Å². The van der Waals surface area contributed by atoms with Crippen LogP contribution in [0.3, 0.4) is 0 Å². The number of hydrogen-bond acceptors (Lipinski definition) is 1. The molecule has 0 saturated heterocycles. The number of ether oxygens (including phenoxy) is 1. The number of halogens is 1. The van der Waals surface area contributed by atoms with E-state index in [0.29, 0.717) is 12.7 Å². The third kappa shape index (κ3) is 5.94. The summed E-state index contributed by atoms with van der Waals surface area (Å²) in [6.07, 6.45) is 17.2. The zero-order valence-electron chi connectivity index (χ0n) is 16.2. The van der Waals surface area contributed by atoms with Crippen LogP contribution in [0.2, 0.25) is 0 Å². The molecule has 2 saturated carbocycles. The Kier molecular flexibility index (Phi) is 7.73. The largest absolute Gasteiger partial charge is 0.374 e. The molecule has 2 heteroatoms. The molecule has 0 heterocycles. The van der Waals surface area contributed by atoms with Crippen LogP contribution in [0, 0.1) is 23.6 Å². The van der Waals surface area contributed by atoms with Crippen LogP contribution >= 0.6 is 0 Å². The van der Waals surface area contributed by atoms with E-state index in [9.17, 15) is 4.39 Å². The normalized spacial score (nSPS) is 29.4. The van der Waals surface area contributed by atoms with E-state index in [2.05, 4.69) is 12.7 Å². The quantitative estimate of drug-likeness (QED) is 0.357. The number of unbranched alkanes of at least 4 members (excludes halogenated alkanes) is 1. The summed E-state index contributed by atoms with van der Waals surface area (Å²) in [5.41, 5.74) is 1.07. The van der Waals surface area contributed by atoms with Crippen LogP contribution < -0.4 is 0 Å². The lowest BCUT2D eigenvalue weighted by Crippen LogP contribution is -2.28. The minimum absolute atomic E-state index is 0.176. The molecule has 2 fully saturated rings. The summed E-state index contributed by atoms with van der Waals surface area (Å²) >= 11 is 0. The molecule has 0 amide bonds. The molecule has 144 valence electrons. The van der Waals surface area contributed by atoms with E-state index in [4.69, 9.17) is 4.74 Å². The molecule has 0 radical (unpaired) electrons. The molecule has 0 unspecified atom stereocenters. The molecule has 0 bridgehead atoms. The lowest BCUT2D eigenvalue weighted by molar-refractivity contribution is -0.00286. The van der Waals surface area contributed by atoms with Crippen molar-refractivity contribution in [3.63, 3.8) is 0 Å². The molecule has 1 aromatic rings. The third-order valence-electron chi connectivity index (χ3n) is 6.70. The minimum Gasteiger partial charge on any atom is -0.374 e. The highest BCUT2D eigenvalue weighted by Gasteiger charge is 2.30. The molecule has 1 nitrogen and oxygen atoms in total. The highest BCUT2D eigenvalue weighted by molar-refractivity contribution is 5.15. The zero-order valence-corrected chi connectivity index (χ0v) is 16.2. The summed E-state index contributed by atoms with van der Waals surface area (Å²) in [6, 6.07) is 6.69. The first kappa shape index (κ1) is 19.6. The van der Waals surface area contributed by atoms with Gasteiger partial charge < -0.3 is 4.74 Å². The van der Waals surface area contributed by atoms with Crippen molar-refractivity contribution in [2.24, 2.45) is 17.8 Å². The van der Waals surface area contributed by atoms with E-state index in [-0.39, 0.29) is 5.82 Å². The topological polar surface area (TPSA) is 9.23 Å². The predicted octanol–water partition coefficient (Wildman–Crippen LogP) is 7.06. The minimum atomic E-state index is -0.176. The Morgan fingerprint density at radius 1 is 0.923 bits per heavy atom. The summed E-state index contributed by atoms with van der Waals surface area (Å²) in [4.78, 5) is 0. The Bertz CT molecular complexity index is 522. The molecule has 0 aromatic heterocycles. The summed E-state index contributed by atoms with van der Waals surface area (Å²) < 4.78 is 19.0. The van der Waals surface area contributed by atoms with Crippen LogP contribution in [0.15, 0.2) is 36.9 Å². The van der Waals surface area contributed by atoms with E-state index >= 15 is 0 Å². The Hall–Kier alpha value is -1.15. The van der Waals surface area contributed by atoms with Crippen molar-refractivity contribution in [3.8, 4) is 0 Å². The maximum atomic E-state index is 13.0. The summed E-state index contributed by atoms with van der Waals surface area (Å²) in [5.74, 6) is 2.68. The molecule has 3 rings (SSSR count). The lowest BCUT2D eigenvalue weighted by Gasteiger charge is -2.37. The standard InChI is InChI=1S/C24H35FO/c1-2-3-4-5-19-6-10-21(11-7-19)22-12-16-24(17-13-22)26-18-20-8-14-23(25)15-9-20/h2,8-9,14-15,19,21-22,24H,1,3-7,10-13,16-18H2/t19-,21-,22?,24?. The molecule has 0 atom stereocenters. The van der Waals surface area contributed by atoms with Crippen molar-refractivity contribution < 1.29 is 9.13 Å². The van der Waals surface area contributed by atoms with Gasteiger partial charge in [0.25, 0.3) is 0 Å². The van der Waals surface area contributed by atoms with Gasteiger partial charge in [-0.1, -0.05) is 37.5 Å². The number of hydrogen-bond donors (Lipinski definition) is 0. The average Bonchev–Trinajstić information content (AvgIpc) is 2.69. The maximum absolute atomic E-state index is 13.0. The van der Waals surface area contributed by atoms with E-state index in [1.54, 1.807) is 0 Å². The highest BCUT2D eigenvalue weighted by atomic mass is 19.1. The predicted molar refractivity (Wildman–Crippen MR) is 106 cm³/mol. The Morgan fingerprint density at radius 2 is 1.54 bits per heavy atom. The Labute approximate surface area is 159 Å². The second kappa shape index (κ2) is 10.3. The van der Waals surface area contributed by atoms with Crippen molar-refractivity contribution in [2.75, 3.05) is 0 Å². The number of benzene rings is 1. The van der Waals surface area contributed by atoms with Gasteiger partial charge in [0, 0.05) is 0 Å². The van der Waals surface area contributed by atoms with Gasteiger partial charge in [-0.3, -0.25) is 0 Å². The molecule has 0 aliphatic heterocycles. The van der Waals surface area contributed by atoms with Crippen molar-refractivity contribution in [2.45, 2.75) is 83.3 Å². The second-order valence-corrected chi connectivity index (χ2v) is 8.47. The van der Waals surface area contributed by atoms with E-state index in [0.717, 1.165) is 23.3 Å². The van der Waals surface area contributed by atoms with Gasteiger partial charge in [-0.05, 0) is 86.8 Å². The van der Waals surface area contributed by atoms with Gasteiger partial charge in [-0.25, -0.2) is 4.39 Å². The lowest BCUT2D eigenvalue weighted by atomic mass is 9.70. The van der Waals surface area contributed by atoms with Crippen LogP contribution in [0.25, 0.3) is 0 Å². The van der Waals surface area contributed by atoms with Crippen LogP contribution in [-0.4, -0.2) is 6.10 Å². The zero-order chi connectivity index (χ0) is 18.2. The van der Waals surface area contributed by atoms with Crippen LogP contribution in [0.1, 0.15) is 76.2 Å². The van der Waals surface area contributed by atoms with Gasteiger partial charge in [-0.15, -0.1) is 6.58 Å². The van der Waals surface area contributed by atoms with Crippen molar-refractivity contribution in [1.29, 1.82) is 0 Å². The van der Waals surface area contributed by atoms with Crippen molar-refractivity contribution in [1.82, 2.24) is 0 Å². The van der Waals surface area contributed by atoms with Gasteiger partial charge in [0.15, 0.2) is 0 Å². The van der Waals surface area contributed by atoms with Crippen molar-refractivity contribution in [3.05, 3.63) is 48.3 Å². The molecular formula is C24H35FO. The first-order chi connectivity index (χ1) is 12.7. The van der Waals surface area contributed by atoms with E-state index < -0.39 is 0 Å². The highest BCUT2D eigenvalue weighted by Crippen LogP contribution is 2.41. The molecule has 0 spiro atoms. The van der Waals surface area contributed by atoms with E-state index in [1.165, 1.54) is 82.8 Å². The smallest absolute Gasteiger partial charge is 0.123 e. The average molecular weight is 359 g/mol. The summed E-state index contributed by atoms with van der Waals surface area (Å²) in [5, 5.41) is 0. The van der Waals surface area contributed by atoms with Crippen LogP contribution in [0.5, 0.6) is 0 Å². The van der Waals surface area contributed by atoms with Gasteiger partial charge in [0.1, 0.15) is 5.82 Å². The van der Waals surface area contributed by atoms with Crippen LogP contribution in [-0.2, 0) is 11.3 Å². The monoisotopic (exact) mass is 358 g/mol. The van der Waals surface area contributed by atoms with E-state index in [1.807, 2.05) is 12.1 Å². The van der Waals surface area contributed by atoms with Gasteiger partial charge in [-0.2, -0.15) is 0 Å². The number of rotatable bonds is 8. The fourth-order valence-corrected chi connectivity index (χ4v) is 5.02.